The van der Waals surface area contributed by atoms with Crippen molar-refractivity contribution >= 4 is 16.9 Å². The predicted molar refractivity (Wildman–Crippen MR) is 116 cm³/mol. The van der Waals surface area contributed by atoms with E-state index in [0.29, 0.717) is 6.54 Å². The first-order chi connectivity index (χ1) is 13.5. The number of allylic oxidation sites excluding steroid dienone is 1. The first-order valence-corrected chi connectivity index (χ1v) is 9.98. The van der Waals surface area contributed by atoms with Crippen LogP contribution in [0, 0.1) is 6.92 Å². The molecule has 0 bridgehead atoms. The molecule has 0 aliphatic rings. The van der Waals surface area contributed by atoms with Gasteiger partial charge in [0, 0.05) is 25.1 Å². The molecule has 0 fully saturated rings. The molecule has 0 radical (unpaired) electrons. The second kappa shape index (κ2) is 9.36. The number of rotatable bonds is 9. The Hall–Kier alpha value is -2.88. The van der Waals surface area contributed by atoms with Gasteiger partial charge < -0.3 is 9.88 Å². The Kier molecular flexibility index (Phi) is 6.64. The number of para-hydroxylation sites is 2. The summed E-state index contributed by atoms with van der Waals surface area (Å²) in [7, 11) is 0. The second-order valence-corrected chi connectivity index (χ2v) is 7.49. The maximum atomic E-state index is 12.1. The molecular formula is C24H29N3O. The average molecular weight is 376 g/mol. The summed E-state index contributed by atoms with van der Waals surface area (Å²) in [5, 5.41) is 3.00. The van der Waals surface area contributed by atoms with Crippen LogP contribution in [0.25, 0.3) is 11.0 Å². The third kappa shape index (κ3) is 5.10. The Morgan fingerprint density at radius 2 is 1.82 bits per heavy atom. The van der Waals surface area contributed by atoms with Crippen molar-refractivity contribution in [1.82, 2.24) is 14.9 Å². The van der Waals surface area contributed by atoms with E-state index in [1.54, 1.807) is 0 Å². The maximum absolute atomic E-state index is 12.1. The van der Waals surface area contributed by atoms with E-state index < -0.39 is 0 Å². The molecule has 0 atom stereocenters. The molecule has 4 nitrogen and oxygen atoms in total. The Bertz CT molecular complexity index is 954. The zero-order valence-corrected chi connectivity index (χ0v) is 16.9. The van der Waals surface area contributed by atoms with Gasteiger partial charge in [0.15, 0.2) is 0 Å². The van der Waals surface area contributed by atoms with Crippen LogP contribution in [0.4, 0.5) is 0 Å². The van der Waals surface area contributed by atoms with E-state index in [1.165, 1.54) is 5.52 Å². The van der Waals surface area contributed by atoms with Crippen LogP contribution < -0.4 is 5.32 Å². The zero-order chi connectivity index (χ0) is 19.9. The monoisotopic (exact) mass is 375 g/mol. The average Bonchev–Trinajstić information content (AvgIpc) is 3.02. The Morgan fingerprint density at radius 1 is 1.07 bits per heavy atom. The van der Waals surface area contributed by atoms with Crippen molar-refractivity contribution in [3.05, 3.63) is 77.6 Å². The molecule has 146 valence electrons. The van der Waals surface area contributed by atoms with Gasteiger partial charge in [-0.05, 0) is 51.0 Å². The van der Waals surface area contributed by atoms with Crippen LogP contribution in [-0.2, 0) is 13.0 Å². The molecule has 4 heteroatoms. The molecular weight excluding hydrogens is 346 g/mol. The summed E-state index contributed by atoms with van der Waals surface area (Å²) < 4.78 is 2.27. The highest BCUT2D eigenvalue weighted by Crippen LogP contribution is 2.19. The molecule has 0 saturated carbocycles. The van der Waals surface area contributed by atoms with Gasteiger partial charge in [0.2, 0.25) is 0 Å². The fourth-order valence-electron chi connectivity index (χ4n) is 3.36. The van der Waals surface area contributed by atoms with Gasteiger partial charge in [0.1, 0.15) is 5.82 Å². The van der Waals surface area contributed by atoms with Crippen molar-refractivity contribution < 1.29 is 4.79 Å². The van der Waals surface area contributed by atoms with Gasteiger partial charge in [-0.25, -0.2) is 4.98 Å². The quantitative estimate of drug-likeness (QED) is 0.419. The molecule has 3 aromatic rings. The highest BCUT2D eigenvalue weighted by Gasteiger charge is 2.10. The number of benzene rings is 2. The Labute approximate surface area is 167 Å². The zero-order valence-electron chi connectivity index (χ0n) is 16.9. The Morgan fingerprint density at radius 3 is 2.57 bits per heavy atom. The number of carbonyl (C=O) groups is 1. The molecule has 1 N–H and O–H groups in total. The van der Waals surface area contributed by atoms with E-state index in [0.717, 1.165) is 60.3 Å². The lowest BCUT2D eigenvalue weighted by atomic mass is 10.1. The fourth-order valence-corrected chi connectivity index (χ4v) is 3.36. The van der Waals surface area contributed by atoms with Crippen LogP contribution in [0.3, 0.4) is 0 Å². The van der Waals surface area contributed by atoms with Crippen LogP contribution >= 0.6 is 0 Å². The number of aryl methyl sites for hydroxylation is 2. The lowest BCUT2D eigenvalue weighted by Crippen LogP contribution is -2.24. The van der Waals surface area contributed by atoms with Gasteiger partial charge >= 0.3 is 0 Å². The predicted octanol–water partition coefficient (Wildman–Crippen LogP) is 5.06. The second-order valence-electron chi connectivity index (χ2n) is 7.49. The van der Waals surface area contributed by atoms with Gasteiger partial charge in [-0.15, -0.1) is 0 Å². The van der Waals surface area contributed by atoms with Crippen LogP contribution in [0.15, 0.2) is 60.7 Å². The molecule has 0 unspecified atom stereocenters. The normalized spacial score (nSPS) is 10.9. The number of amides is 1. The summed E-state index contributed by atoms with van der Waals surface area (Å²) in [6, 6.07) is 15.9. The van der Waals surface area contributed by atoms with Crippen LogP contribution in [-0.4, -0.2) is 22.0 Å². The van der Waals surface area contributed by atoms with E-state index in [-0.39, 0.29) is 5.91 Å². The number of fused-ring (bicyclic) bond motifs is 1. The van der Waals surface area contributed by atoms with Gasteiger partial charge in [-0.3, -0.25) is 4.79 Å². The minimum absolute atomic E-state index is 0.00301. The van der Waals surface area contributed by atoms with Crippen molar-refractivity contribution in [2.75, 3.05) is 6.54 Å². The number of aromatic nitrogens is 2. The minimum Gasteiger partial charge on any atom is -0.352 e. The van der Waals surface area contributed by atoms with E-state index in [4.69, 9.17) is 4.98 Å². The molecule has 0 saturated heterocycles. The van der Waals surface area contributed by atoms with E-state index in [2.05, 4.69) is 41.6 Å². The first kappa shape index (κ1) is 19.9. The van der Waals surface area contributed by atoms with Crippen LogP contribution in [0.2, 0.25) is 0 Å². The molecule has 2 aromatic carbocycles. The lowest BCUT2D eigenvalue weighted by molar-refractivity contribution is 0.0953. The lowest BCUT2D eigenvalue weighted by Gasteiger charge is -2.09. The van der Waals surface area contributed by atoms with E-state index in [1.807, 2.05) is 37.3 Å². The summed E-state index contributed by atoms with van der Waals surface area (Å²) in [5.74, 6) is 1.12. The van der Waals surface area contributed by atoms with Gasteiger partial charge in [0.25, 0.3) is 5.91 Å². The Balaban J connectivity index is 1.47. The molecule has 0 aliphatic heterocycles. The summed E-state index contributed by atoms with van der Waals surface area (Å²) in [5.41, 5.74) is 5.23. The third-order valence-corrected chi connectivity index (χ3v) is 4.84. The number of unbranched alkanes of at least 4 members (excludes halogenated alkanes) is 2. The van der Waals surface area contributed by atoms with Crippen molar-refractivity contribution in [1.29, 1.82) is 0 Å². The molecule has 0 spiro atoms. The smallest absolute Gasteiger partial charge is 0.251 e. The van der Waals surface area contributed by atoms with Gasteiger partial charge in [-0.1, -0.05) is 48.4 Å². The van der Waals surface area contributed by atoms with E-state index in [9.17, 15) is 4.79 Å². The standard InChI is InChI=1S/C24H29N3O/c1-18(2)17-27-22-10-7-6-9-21(22)26-23(27)11-5-4-8-16-25-24(28)20-14-12-19(3)13-15-20/h6-7,9-10,12-15H,1,4-5,8,11,16-17H2,2-3H3,(H,25,28). The molecule has 3 rings (SSSR count). The fraction of sp³-hybridized carbons (Fsp3) is 0.333. The van der Waals surface area contributed by atoms with Crippen molar-refractivity contribution in [2.24, 2.45) is 0 Å². The topological polar surface area (TPSA) is 46.9 Å². The molecule has 0 aliphatic carbocycles. The molecule has 1 heterocycles. The summed E-state index contributed by atoms with van der Waals surface area (Å²) in [6.07, 6.45) is 4.02. The highest BCUT2D eigenvalue weighted by molar-refractivity contribution is 5.94. The maximum Gasteiger partial charge on any atom is 0.251 e. The number of hydrogen-bond donors (Lipinski definition) is 1. The van der Waals surface area contributed by atoms with Crippen molar-refractivity contribution in [2.45, 2.75) is 46.1 Å². The van der Waals surface area contributed by atoms with Crippen LogP contribution in [0.5, 0.6) is 0 Å². The molecule has 1 aromatic heterocycles. The number of imidazole rings is 1. The number of nitrogens with one attached hydrogen (secondary N) is 1. The highest BCUT2D eigenvalue weighted by atomic mass is 16.1. The number of carbonyl (C=O) groups excluding carboxylic acids is 1. The van der Waals surface area contributed by atoms with Crippen molar-refractivity contribution in [3.63, 3.8) is 0 Å². The summed E-state index contributed by atoms with van der Waals surface area (Å²) in [6.45, 7) is 9.64. The SMILES string of the molecule is C=C(C)Cn1c(CCCCCNC(=O)c2ccc(C)cc2)nc2ccccc21. The van der Waals surface area contributed by atoms with Gasteiger partial charge in [0.05, 0.1) is 11.0 Å². The van der Waals surface area contributed by atoms with Crippen LogP contribution in [0.1, 0.15) is 47.9 Å². The first-order valence-electron chi connectivity index (χ1n) is 9.98. The van der Waals surface area contributed by atoms with Gasteiger partial charge in [-0.2, -0.15) is 0 Å². The third-order valence-electron chi connectivity index (χ3n) is 4.84. The van der Waals surface area contributed by atoms with Crippen molar-refractivity contribution in [3.8, 4) is 0 Å². The summed E-state index contributed by atoms with van der Waals surface area (Å²) in [4.78, 5) is 16.9. The molecule has 28 heavy (non-hydrogen) atoms. The minimum atomic E-state index is 0.00301. The van der Waals surface area contributed by atoms with E-state index >= 15 is 0 Å². The number of nitrogens with zero attached hydrogens (tertiary/aromatic N) is 2. The summed E-state index contributed by atoms with van der Waals surface area (Å²) >= 11 is 0. The number of hydrogen-bond acceptors (Lipinski definition) is 2. The largest absolute Gasteiger partial charge is 0.352 e. The molecule has 1 amide bonds.